The predicted molar refractivity (Wildman–Crippen MR) is 174 cm³/mol. The Kier molecular flexibility index (Phi) is 5.91. The summed E-state index contributed by atoms with van der Waals surface area (Å²) < 4.78 is 0. The minimum absolute atomic E-state index is 0.102. The second-order valence-corrected chi connectivity index (χ2v) is 12.8. The van der Waals surface area contributed by atoms with E-state index in [0.29, 0.717) is 37.1 Å². The lowest BCUT2D eigenvalue weighted by Gasteiger charge is -2.45. The van der Waals surface area contributed by atoms with Gasteiger partial charge in [-0.15, -0.1) is 0 Å². The average molecular weight is 603 g/mol. The summed E-state index contributed by atoms with van der Waals surface area (Å²) in [5.41, 5.74) is 8.96. The van der Waals surface area contributed by atoms with Crippen molar-refractivity contribution in [3.63, 3.8) is 0 Å². The Labute approximate surface area is 266 Å². The van der Waals surface area contributed by atoms with Gasteiger partial charge in [0, 0.05) is 36.1 Å². The Morgan fingerprint density at radius 3 is 1.24 bits per heavy atom. The second kappa shape index (κ2) is 10.1. The Morgan fingerprint density at radius 2 is 0.826 bits per heavy atom. The monoisotopic (exact) mass is 602 g/mol. The molecule has 0 radical (unpaired) electrons. The number of carbonyl (C=O) groups excluding carboxylic acids is 4. The van der Waals surface area contributed by atoms with Gasteiger partial charge in [0.2, 0.25) is 11.8 Å². The van der Waals surface area contributed by atoms with E-state index in [1.165, 1.54) is 9.80 Å². The summed E-state index contributed by atoms with van der Waals surface area (Å²) in [6.45, 7) is 0.663. The molecule has 3 aliphatic carbocycles. The topological polar surface area (TPSA) is 74.8 Å². The van der Waals surface area contributed by atoms with Crippen LogP contribution in [0, 0.1) is 0 Å². The van der Waals surface area contributed by atoms with Crippen molar-refractivity contribution in [2.24, 2.45) is 0 Å². The first-order valence-electron chi connectivity index (χ1n) is 16.0. The van der Waals surface area contributed by atoms with Crippen LogP contribution in [0.3, 0.4) is 0 Å². The summed E-state index contributed by atoms with van der Waals surface area (Å²) in [6.07, 6.45) is 9.36. The van der Waals surface area contributed by atoms with E-state index in [1.807, 2.05) is 97.1 Å². The van der Waals surface area contributed by atoms with Crippen molar-refractivity contribution in [1.82, 2.24) is 9.80 Å². The first-order chi connectivity index (χ1) is 22.5. The molecule has 0 saturated carbocycles. The van der Waals surface area contributed by atoms with Gasteiger partial charge < -0.3 is 0 Å². The van der Waals surface area contributed by atoms with E-state index >= 15 is 0 Å². The van der Waals surface area contributed by atoms with E-state index in [4.69, 9.17) is 0 Å². The lowest BCUT2D eigenvalue weighted by atomic mass is 9.60. The maximum absolute atomic E-state index is 13.9. The molecule has 0 N–H and O–H groups in total. The van der Waals surface area contributed by atoms with Crippen LogP contribution in [0.4, 0.5) is 0 Å². The van der Waals surface area contributed by atoms with Crippen LogP contribution in [0.1, 0.15) is 77.8 Å². The van der Waals surface area contributed by atoms with Crippen molar-refractivity contribution in [2.45, 2.75) is 36.5 Å². The Balaban J connectivity index is 1.11. The van der Waals surface area contributed by atoms with Crippen LogP contribution in [0.25, 0.3) is 11.1 Å². The van der Waals surface area contributed by atoms with Gasteiger partial charge in [-0.25, -0.2) is 0 Å². The van der Waals surface area contributed by atoms with Gasteiger partial charge in [-0.05, 0) is 69.5 Å². The number of amides is 4. The van der Waals surface area contributed by atoms with E-state index in [2.05, 4.69) is 12.2 Å². The highest BCUT2D eigenvalue weighted by molar-refractivity contribution is 6.15. The number of imide groups is 2. The van der Waals surface area contributed by atoms with Crippen LogP contribution < -0.4 is 0 Å². The molecular formula is C40H30N2O4. The van der Waals surface area contributed by atoms with Crippen LogP contribution in [-0.2, 0) is 22.4 Å². The third kappa shape index (κ3) is 3.76. The fourth-order valence-corrected chi connectivity index (χ4v) is 8.38. The summed E-state index contributed by atoms with van der Waals surface area (Å²) in [6, 6.07) is 27.5. The summed E-state index contributed by atoms with van der Waals surface area (Å²) >= 11 is 0. The molecule has 2 aliphatic heterocycles. The molecule has 0 fully saturated rings. The predicted octanol–water partition coefficient (Wildman–Crippen LogP) is 6.29. The first-order valence-corrected chi connectivity index (χ1v) is 16.0. The molecule has 0 saturated heterocycles. The summed E-state index contributed by atoms with van der Waals surface area (Å²) in [5.74, 6) is -2.09. The highest BCUT2D eigenvalue weighted by Crippen LogP contribution is 2.58. The van der Waals surface area contributed by atoms with Crippen LogP contribution >= 0.6 is 0 Å². The molecule has 4 aromatic rings. The molecule has 2 heterocycles. The number of allylic oxidation sites excluding steroid dienone is 2. The van der Waals surface area contributed by atoms with Crippen molar-refractivity contribution in [3.05, 3.63) is 154 Å². The number of nitrogens with zero attached hydrogens (tertiary/aromatic N) is 2. The van der Waals surface area contributed by atoms with E-state index in [1.54, 1.807) is 0 Å². The number of hydrogen-bond acceptors (Lipinski definition) is 4. The smallest absolute Gasteiger partial charge is 0.260 e. The zero-order valence-electron chi connectivity index (χ0n) is 25.1. The van der Waals surface area contributed by atoms with Crippen LogP contribution in [-0.4, -0.2) is 46.5 Å². The van der Waals surface area contributed by atoms with E-state index in [0.717, 1.165) is 44.5 Å². The summed E-state index contributed by atoms with van der Waals surface area (Å²) in [7, 11) is 0. The average Bonchev–Trinajstić information content (AvgIpc) is 3.09. The van der Waals surface area contributed by atoms with E-state index < -0.39 is 11.8 Å². The molecular weight excluding hydrogens is 572 g/mol. The highest BCUT2D eigenvalue weighted by Gasteiger charge is 2.49. The fraction of sp³-hybridized carbons (Fsp3) is 0.200. The molecule has 6 heteroatoms. The highest BCUT2D eigenvalue weighted by atomic mass is 16.2. The molecule has 9 rings (SSSR count). The van der Waals surface area contributed by atoms with Gasteiger partial charge in [0.25, 0.3) is 11.8 Å². The SMILES string of the molecule is O=C1c2ccc3c4c2C(C=CC4C2C=CC4C(=O)N(CCc5ccccc5)C(=O)c5ccc-3c2c54)C(=O)N1CCc1ccccc1. The summed E-state index contributed by atoms with van der Waals surface area (Å²) in [4.78, 5) is 58.2. The normalized spacial score (nSPS) is 23.0. The number of rotatable bonds is 6. The molecule has 6 nitrogen and oxygen atoms in total. The number of carbonyl (C=O) groups is 4. The largest absolute Gasteiger partial charge is 0.277 e. The molecule has 46 heavy (non-hydrogen) atoms. The maximum Gasteiger partial charge on any atom is 0.260 e. The van der Waals surface area contributed by atoms with Crippen LogP contribution in [0.5, 0.6) is 0 Å². The molecule has 0 bridgehead atoms. The van der Waals surface area contributed by atoms with Crippen molar-refractivity contribution in [1.29, 1.82) is 0 Å². The van der Waals surface area contributed by atoms with Gasteiger partial charge in [0.1, 0.15) is 0 Å². The van der Waals surface area contributed by atoms with Gasteiger partial charge in [0.15, 0.2) is 0 Å². The Morgan fingerprint density at radius 1 is 0.435 bits per heavy atom. The zero-order chi connectivity index (χ0) is 31.1. The molecule has 0 spiro atoms. The molecule has 4 aromatic carbocycles. The number of hydrogen-bond donors (Lipinski definition) is 0. The summed E-state index contributed by atoms with van der Waals surface area (Å²) in [5, 5.41) is 0. The standard InChI is InChI=1S/C40H30N2O4/c43-37-29-15-11-25-27-13-17-31-36-32(40(46)42(39(31)45)22-20-24-9-5-2-6-10-24)18-14-28(34(27)36)26-12-16-30(35(29)33(25)26)38(44)41(37)21-19-23-7-3-1-4-8-23/h1-18,25,27,29,31H,19-22H2. The van der Waals surface area contributed by atoms with Crippen molar-refractivity contribution >= 4 is 23.6 Å². The molecule has 4 amide bonds. The van der Waals surface area contributed by atoms with Crippen LogP contribution in [0.2, 0.25) is 0 Å². The fourth-order valence-electron chi connectivity index (χ4n) is 8.38. The Bertz CT molecular complexity index is 1910. The van der Waals surface area contributed by atoms with Crippen molar-refractivity contribution < 1.29 is 19.2 Å². The molecule has 0 aromatic heterocycles. The zero-order valence-corrected chi connectivity index (χ0v) is 25.1. The number of benzene rings is 4. The van der Waals surface area contributed by atoms with E-state index in [-0.39, 0.29) is 35.5 Å². The first kappa shape index (κ1) is 27.0. The van der Waals surface area contributed by atoms with Gasteiger partial charge in [-0.1, -0.05) is 97.1 Å². The molecule has 5 aliphatic rings. The van der Waals surface area contributed by atoms with Gasteiger partial charge in [-0.2, -0.15) is 0 Å². The van der Waals surface area contributed by atoms with Gasteiger partial charge in [-0.3, -0.25) is 29.0 Å². The minimum Gasteiger partial charge on any atom is -0.277 e. The third-order valence-electron chi connectivity index (χ3n) is 10.5. The van der Waals surface area contributed by atoms with Crippen molar-refractivity contribution in [3.8, 4) is 11.1 Å². The molecule has 4 unspecified atom stereocenters. The lowest BCUT2D eigenvalue weighted by Crippen LogP contribution is -2.47. The quantitative estimate of drug-likeness (QED) is 0.192. The molecule has 4 atom stereocenters. The van der Waals surface area contributed by atoms with E-state index in [9.17, 15) is 19.2 Å². The van der Waals surface area contributed by atoms with Crippen molar-refractivity contribution in [2.75, 3.05) is 13.1 Å². The lowest BCUT2D eigenvalue weighted by molar-refractivity contribution is -0.130. The number of fused-ring (bicyclic) bond motifs is 2. The minimum atomic E-state index is -0.518. The second-order valence-electron chi connectivity index (χ2n) is 12.8. The van der Waals surface area contributed by atoms with Crippen LogP contribution in [0.15, 0.2) is 109 Å². The van der Waals surface area contributed by atoms with Gasteiger partial charge in [0.05, 0.1) is 11.8 Å². The molecule has 224 valence electrons. The van der Waals surface area contributed by atoms with Gasteiger partial charge >= 0.3 is 0 Å². The maximum atomic E-state index is 13.9. The third-order valence-corrected chi connectivity index (χ3v) is 10.5. The Hall–Kier alpha value is -5.36.